The Morgan fingerprint density at radius 1 is 0.889 bits per heavy atom. The van der Waals surface area contributed by atoms with E-state index in [0.717, 1.165) is 31.5 Å². The van der Waals surface area contributed by atoms with Crippen LogP contribution in [0.3, 0.4) is 0 Å². The summed E-state index contributed by atoms with van der Waals surface area (Å²) < 4.78 is 13.0. The van der Waals surface area contributed by atoms with E-state index in [-0.39, 0.29) is 29.5 Å². The lowest BCUT2D eigenvalue weighted by Gasteiger charge is -2.44. The molecule has 3 aliphatic rings. The molecule has 1 aromatic heterocycles. The Kier molecular flexibility index (Phi) is 5.27. The summed E-state index contributed by atoms with van der Waals surface area (Å²) in [6.45, 7) is 3.83. The van der Waals surface area contributed by atoms with Gasteiger partial charge in [-0.15, -0.1) is 0 Å². The van der Waals surface area contributed by atoms with Gasteiger partial charge in [0.15, 0.2) is 0 Å². The maximum absolute atomic E-state index is 13.0. The van der Waals surface area contributed by atoms with E-state index in [1.807, 2.05) is 9.80 Å². The van der Waals surface area contributed by atoms with Gasteiger partial charge in [0, 0.05) is 45.2 Å². The van der Waals surface area contributed by atoms with Gasteiger partial charge in [-0.3, -0.25) is 9.59 Å². The van der Waals surface area contributed by atoms with Crippen LogP contribution in [-0.2, 0) is 9.59 Å². The number of carbonyl (C=O) groups is 2. The highest BCUT2D eigenvalue weighted by atomic mass is 19.1. The summed E-state index contributed by atoms with van der Waals surface area (Å²) in [5.74, 6) is 0.955. The summed E-state index contributed by atoms with van der Waals surface area (Å²) in [5.41, 5.74) is 0. The zero-order chi connectivity index (χ0) is 18.8. The number of hydrogen-bond donors (Lipinski definition) is 0. The van der Waals surface area contributed by atoms with Gasteiger partial charge in [0.2, 0.25) is 11.8 Å². The second-order valence-electron chi connectivity index (χ2n) is 7.92. The molecule has 1 saturated carbocycles. The first-order valence-electron chi connectivity index (χ1n) is 10.1. The molecular formula is C20H27FN4O2. The van der Waals surface area contributed by atoms with Crippen molar-refractivity contribution in [3.8, 4) is 0 Å². The molecular weight excluding hydrogens is 347 g/mol. The lowest BCUT2D eigenvalue weighted by Crippen LogP contribution is -2.60. The van der Waals surface area contributed by atoms with Crippen molar-refractivity contribution in [1.29, 1.82) is 0 Å². The lowest BCUT2D eigenvalue weighted by atomic mass is 9.86. The quantitative estimate of drug-likeness (QED) is 0.811. The van der Waals surface area contributed by atoms with Crippen molar-refractivity contribution in [2.45, 2.75) is 32.1 Å². The fraction of sp³-hybridized carbons (Fsp3) is 0.650. The third-order valence-corrected chi connectivity index (χ3v) is 6.12. The van der Waals surface area contributed by atoms with Crippen molar-refractivity contribution in [2.75, 3.05) is 44.2 Å². The van der Waals surface area contributed by atoms with Crippen molar-refractivity contribution in [1.82, 2.24) is 14.8 Å². The molecule has 0 radical (unpaired) electrons. The van der Waals surface area contributed by atoms with Gasteiger partial charge < -0.3 is 14.7 Å². The van der Waals surface area contributed by atoms with Crippen LogP contribution >= 0.6 is 0 Å². The van der Waals surface area contributed by atoms with Gasteiger partial charge in [0.1, 0.15) is 11.6 Å². The van der Waals surface area contributed by atoms with E-state index in [4.69, 9.17) is 0 Å². The van der Waals surface area contributed by atoms with Crippen LogP contribution in [0.5, 0.6) is 0 Å². The van der Waals surface area contributed by atoms with Crippen LogP contribution in [0, 0.1) is 17.7 Å². The number of likely N-dealkylation sites (tertiary alicyclic amines) is 1. The number of piperazine rings is 1. The minimum absolute atomic E-state index is 0.0481. The number of halogens is 1. The Morgan fingerprint density at radius 3 is 2.19 bits per heavy atom. The maximum atomic E-state index is 13.0. The standard InChI is InChI=1S/C20H27FN4O2/c21-17-6-7-18(22-12-17)23-8-10-24(11-9-23)20(27)16-13-25(14-16)19(26)15-4-2-1-3-5-15/h6-7,12,15-16H,1-5,8-11,13-14H2. The predicted molar refractivity (Wildman–Crippen MR) is 99.6 cm³/mol. The number of aromatic nitrogens is 1. The van der Waals surface area contributed by atoms with Crippen molar-refractivity contribution >= 4 is 17.6 Å². The monoisotopic (exact) mass is 374 g/mol. The van der Waals surface area contributed by atoms with Crippen molar-refractivity contribution in [3.63, 3.8) is 0 Å². The smallest absolute Gasteiger partial charge is 0.229 e. The average Bonchev–Trinajstić information content (AvgIpc) is 2.68. The van der Waals surface area contributed by atoms with E-state index >= 15 is 0 Å². The zero-order valence-electron chi connectivity index (χ0n) is 15.6. The molecule has 0 aromatic carbocycles. The fourth-order valence-electron chi connectivity index (χ4n) is 4.39. The van der Waals surface area contributed by atoms with Crippen LogP contribution in [0.4, 0.5) is 10.2 Å². The zero-order valence-corrected chi connectivity index (χ0v) is 15.6. The fourth-order valence-corrected chi connectivity index (χ4v) is 4.39. The summed E-state index contributed by atoms with van der Waals surface area (Å²) in [6.07, 6.45) is 6.78. The Bertz CT molecular complexity index is 676. The van der Waals surface area contributed by atoms with Gasteiger partial charge in [-0.1, -0.05) is 19.3 Å². The maximum Gasteiger partial charge on any atom is 0.229 e. The minimum Gasteiger partial charge on any atom is -0.353 e. The molecule has 3 heterocycles. The molecule has 2 saturated heterocycles. The highest BCUT2D eigenvalue weighted by molar-refractivity contribution is 5.85. The highest BCUT2D eigenvalue weighted by Crippen LogP contribution is 2.29. The summed E-state index contributed by atoms with van der Waals surface area (Å²) in [4.78, 5) is 35.2. The van der Waals surface area contributed by atoms with Gasteiger partial charge in [0.25, 0.3) is 0 Å². The van der Waals surface area contributed by atoms with Crippen LogP contribution in [0.2, 0.25) is 0 Å². The van der Waals surface area contributed by atoms with Crippen molar-refractivity contribution in [3.05, 3.63) is 24.1 Å². The molecule has 1 aromatic rings. The van der Waals surface area contributed by atoms with Crippen molar-refractivity contribution < 1.29 is 14.0 Å². The van der Waals surface area contributed by atoms with Gasteiger partial charge in [-0.05, 0) is 25.0 Å². The molecule has 7 heteroatoms. The highest BCUT2D eigenvalue weighted by Gasteiger charge is 2.40. The molecule has 2 amide bonds. The topological polar surface area (TPSA) is 56.8 Å². The molecule has 0 atom stereocenters. The number of hydrogen-bond acceptors (Lipinski definition) is 4. The summed E-state index contributed by atoms with van der Waals surface area (Å²) in [6, 6.07) is 3.08. The van der Waals surface area contributed by atoms with Crippen LogP contribution in [0.1, 0.15) is 32.1 Å². The van der Waals surface area contributed by atoms with Crippen molar-refractivity contribution in [2.24, 2.45) is 11.8 Å². The van der Waals surface area contributed by atoms with Crippen LogP contribution in [0.25, 0.3) is 0 Å². The van der Waals surface area contributed by atoms with Crippen LogP contribution in [0.15, 0.2) is 18.3 Å². The lowest BCUT2D eigenvalue weighted by molar-refractivity contribution is -0.151. The molecule has 146 valence electrons. The van der Waals surface area contributed by atoms with Gasteiger partial charge in [-0.2, -0.15) is 0 Å². The van der Waals surface area contributed by atoms with Gasteiger partial charge in [-0.25, -0.2) is 9.37 Å². The third-order valence-electron chi connectivity index (χ3n) is 6.12. The van der Waals surface area contributed by atoms with Crippen LogP contribution < -0.4 is 4.90 Å². The molecule has 0 N–H and O–H groups in total. The van der Waals surface area contributed by atoms with Gasteiger partial charge in [0.05, 0.1) is 12.1 Å². The Morgan fingerprint density at radius 2 is 1.56 bits per heavy atom. The van der Waals surface area contributed by atoms with E-state index < -0.39 is 0 Å². The molecule has 0 unspecified atom stereocenters. The molecule has 6 nitrogen and oxygen atoms in total. The SMILES string of the molecule is O=C(C1CN(C(=O)C2CCCCC2)C1)N1CCN(c2ccc(F)cn2)CC1. The summed E-state index contributed by atoms with van der Waals surface area (Å²) in [7, 11) is 0. The Balaban J connectivity index is 1.23. The van der Waals surface area contributed by atoms with Crippen LogP contribution in [-0.4, -0.2) is 65.9 Å². The predicted octanol–water partition coefficient (Wildman–Crippen LogP) is 1.91. The number of rotatable bonds is 3. The second-order valence-corrected chi connectivity index (χ2v) is 7.92. The number of carbonyl (C=O) groups excluding carboxylic acids is 2. The molecule has 0 bridgehead atoms. The largest absolute Gasteiger partial charge is 0.353 e. The first-order chi connectivity index (χ1) is 13.1. The summed E-state index contributed by atoms with van der Waals surface area (Å²) in [5, 5.41) is 0. The number of amides is 2. The van der Waals surface area contributed by atoms with E-state index in [1.54, 1.807) is 6.07 Å². The normalized spacial score (nSPS) is 21.9. The van der Waals surface area contributed by atoms with E-state index in [9.17, 15) is 14.0 Å². The molecule has 0 spiro atoms. The first-order valence-corrected chi connectivity index (χ1v) is 10.1. The van der Waals surface area contributed by atoms with E-state index in [2.05, 4.69) is 9.88 Å². The number of anilines is 1. The minimum atomic E-state index is -0.343. The number of pyridine rings is 1. The average molecular weight is 374 g/mol. The third kappa shape index (κ3) is 3.92. The molecule has 1 aliphatic carbocycles. The second kappa shape index (κ2) is 7.82. The molecule has 2 aliphatic heterocycles. The Hall–Kier alpha value is -2.18. The summed E-state index contributed by atoms with van der Waals surface area (Å²) >= 11 is 0. The van der Waals surface area contributed by atoms with Gasteiger partial charge >= 0.3 is 0 Å². The molecule has 3 fully saturated rings. The first kappa shape index (κ1) is 18.2. The van der Waals surface area contributed by atoms with E-state index in [1.165, 1.54) is 18.7 Å². The molecule has 4 rings (SSSR count). The number of nitrogens with zero attached hydrogens (tertiary/aromatic N) is 4. The Labute approximate surface area is 159 Å². The van der Waals surface area contributed by atoms with E-state index in [0.29, 0.717) is 39.3 Å². The molecule has 27 heavy (non-hydrogen) atoms.